The van der Waals surface area contributed by atoms with Crippen LogP contribution in [0.25, 0.3) is 5.57 Å². The van der Waals surface area contributed by atoms with Crippen molar-refractivity contribution >= 4 is 11.5 Å². The molecule has 2 heterocycles. The number of piperidine rings is 1. The van der Waals surface area contributed by atoms with E-state index in [9.17, 15) is 9.90 Å². The molecule has 0 aromatic heterocycles. The number of carbonyl (C=O) groups is 1. The molecule has 5 nitrogen and oxygen atoms in total. The van der Waals surface area contributed by atoms with E-state index in [1.807, 2.05) is 31.9 Å². The minimum atomic E-state index is -0.607. The van der Waals surface area contributed by atoms with Crippen molar-refractivity contribution < 1.29 is 14.7 Å². The lowest BCUT2D eigenvalue weighted by Gasteiger charge is -2.42. The zero-order valence-electron chi connectivity index (χ0n) is 15.1. The number of aryl methyl sites for hydroxylation is 2. The maximum absolute atomic E-state index is 13.0. The van der Waals surface area contributed by atoms with Gasteiger partial charge in [-0.2, -0.15) is 5.06 Å². The maximum atomic E-state index is 13.0. The molecule has 0 saturated carbocycles. The van der Waals surface area contributed by atoms with Crippen molar-refractivity contribution in [1.82, 2.24) is 9.96 Å². The SMILES string of the molecule is CON1CCC2(CC1)C(O)=C(c1c(C)ccc(C)c1C)C(=O)N2C. The summed E-state index contributed by atoms with van der Waals surface area (Å²) in [4.78, 5) is 20.0. The summed E-state index contributed by atoms with van der Waals surface area (Å²) in [5.74, 6) is 0.137. The number of hydrogen-bond acceptors (Lipinski definition) is 4. The van der Waals surface area contributed by atoms with Crippen LogP contribution in [0.3, 0.4) is 0 Å². The number of hydroxylamine groups is 2. The van der Waals surface area contributed by atoms with Gasteiger partial charge < -0.3 is 14.8 Å². The van der Waals surface area contributed by atoms with Crippen LogP contribution in [0.1, 0.15) is 35.1 Å². The summed E-state index contributed by atoms with van der Waals surface area (Å²) in [6.45, 7) is 7.43. The molecule has 0 unspecified atom stereocenters. The largest absolute Gasteiger partial charge is 0.509 e. The quantitative estimate of drug-likeness (QED) is 0.906. The molecule has 3 rings (SSSR count). The van der Waals surface area contributed by atoms with Crippen LogP contribution < -0.4 is 0 Å². The normalized spacial score (nSPS) is 21.2. The number of hydrogen-bond donors (Lipinski definition) is 1. The number of carbonyl (C=O) groups excluding carboxylic acids is 1. The van der Waals surface area contributed by atoms with E-state index in [0.717, 1.165) is 22.3 Å². The molecule has 1 spiro atoms. The number of nitrogens with zero attached hydrogens (tertiary/aromatic N) is 2. The second-order valence-electron chi connectivity index (χ2n) is 6.93. The van der Waals surface area contributed by atoms with Crippen molar-refractivity contribution in [2.24, 2.45) is 0 Å². The van der Waals surface area contributed by atoms with Crippen LogP contribution in [0.15, 0.2) is 17.9 Å². The maximum Gasteiger partial charge on any atom is 0.258 e. The molecule has 0 radical (unpaired) electrons. The van der Waals surface area contributed by atoms with Gasteiger partial charge in [-0.1, -0.05) is 12.1 Å². The molecule has 2 aliphatic rings. The average Bonchev–Trinajstić information content (AvgIpc) is 2.75. The van der Waals surface area contributed by atoms with Gasteiger partial charge in [-0.3, -0.25) is 4.79 Å². The zero-order valence-corrected chi connectivity index (χ0v) is 15.1. The van der Waals surface area contributed by atoms with E-state index in [0.29, 0.717) is 31.5 Å². The molecule has 130 valence electrons. The Balaban J connectivity index is 2.12. The van der Waals surface area contributed by atoms with E-state index in [1.54, 1.807) is 19.1 Å². The van der Waals surface area contributed by atoms with Crippen LogP contribution >= 0.6 is 0 Å². The molecular formula is C19H26N2O3. The van der Waals surface area contributed by atoms with Crippen molar-refractivity contribution in [1.29, 1.82) is 0 Å². The fraction of sp³-hybridized carbons (Fsp3) is 0.526. The van der Waals surface area contributed by atoms with Gasteiger partial charge >= 0.3 is 0 Å². The molecule has 2 aliphatic heterocycles. The Kier molecular flexibility index (Phi) is 4.18. The van der Waals surface area contributed by atoms with Crippen LogP contribution in [0.2, 0.25) is 0 Å². The van der Waals surface area contributed by atoms with E-state index in [2.05, 4.69) is 6.07 Å². The Bertz CT molecular complexity index is 716. The predicted molar refractivity (Wildman–Crippen MR) is 93.5 cm³/mol. The highest BCUT2D eigenvalue weighted by atomic mass is 16.7. The first-order valence-electron chi connectivity index (χ1n) is 8.41. The molecule has 5 heteroatoms. The summed E-state index contributed by atoms with van der Waals surface area (Å²) < 4.78 is 0. The highest BCUT2D eigenvalue weighted by Gasteiger charge is 2.52. The number of rotatable bonds is 2. The zero-order chi connectivity index (χ0) is 17.6. The van der Waals surface area contributed by atoms with Gasteiger partial charge in [0.2, 0.25) is 0 Å². The summed E-state index contributed by atoms with van der Waals surface area (Å²) in [7, 11) is 3.45. The Morgan fingerprint density at radius 2 is 1.71 bits per heavy atom. The molecule has 1 N–H and O–H groups in total. The standard InChI is InChI=1S/C19H26N2O3/c1-12-6-7-13(2)15(14(12)3)16-17(22)19(20(4)18(16)23)8-10-21(24-5)11-9-19/h6-7,22H,8-11H2,1-5H3. The third kappa shape index (κ3) is 2.26. The second kappa shape index (κ2) is 5.90. The van der Waals surface area contributed by atoms with Gasteiger partial charge in [-0.15, -0.1) is 0 Å². The van der Waals surface area contributed by atoms with E-state index in [4.69, 9.17) is 4.84 Å². The number of aliphatic hydroxyl groups excluding tert-OH is 1. The summed E-state index contributed by atoms with van der Waals surface area (Å²) in [6, 6.07) is 4.07. The lowest BCUT2D eigenvalue weighted by atomic mass is 9.84. The molecule has 1 saturated heterocycles. The first-order valence-corrected chi connectivity index (χ1v) is 8.41. The van der Waals surface area contributed by atoms with Crippen molar-refractivity contribution in [2.45, 2.75) is 39.2 Å². The van der Waals surface area contributed by atoms with Crippen molar-refractivity contribution in [3.8, 4) is 0 Å². The summed E-state index contributed by atoms with van der Waals surface area (Å²) in [6.07, 6.45) is 1.34. The van der Waals surface area contributed by atoms with E-state index < -0.39 is 5.54 Å². The highest BCUT2D eigenvalue weighted by Crippen LogP contribution is 2.45. The van der Waals surface area contributed by atoms with Gasteiger partial charge in [-0.05, 0) is 55.9 Å². The van der Waals surface area contributed by atoms with Gasteiger partial charge in [-0.25, -0.2) is 0 Å². The molecule has 0 aliphatic carbocycles. The topological polar surface area (TPSA) is 53.0 Å². The fourth-order valence-electron chi connectivity index (χ4n) is 4.03. The van der Waals surface area contributed by atoms with E-state index in [-0.39, 0.29) is 11.7 Å². The average molecular weight is 330 g/mol. The number of likely N-dealkylation sites (N-methyl/N-ethyl adjacent to an activating group) is 1. The Morgan fingerprint density at radius 1 is 1.12 bits per heavy atom. The minimum Gasteiger partial charge on any atom is -0.509 e. The molecule has 24 heavy (non-hydrogen) atoms. The summed E-state index contributed by atoms with van der Waals surface area (Å²) in [5, 5.41) is 13.0. The second-order valence-corrected chi connectivity index (χ2v) is 6.93. The third-order valence-electron chi connectivity index (χ3n) is 5.84. The van der Waals surface area contributed by atoms with Crippen molar-refractivity contribution in [2.75, 3.05) is 27.2 Å². The fourth-order valence-corrected chi connectivity index (χ4v) is 4.03. The lowest BCUT2D eigenvalue weighted by Crippen LogP contribution is -2.53. The molecule has 1 aromatic rings. The Hall–Kier alpha value is -1.85. The monoisotopic (exact) mass is 330 g/mol. The smallest absolute Gasteiger partial charge is 0.258 e. The number of aliphatic hydroxyl groups is 1. The molecular weight excluding hydrogens is 304 g/mol. The van der Waals surface area contributed by atoms with Gasteiger partial charge in [0, 0.05) is 20.1 Å². The summed E-state index contributed by atoms with van der Waals surface area (Å²) >= 11 is 0. The van der Waals surface area contributed by atoms with Gasteiger partial charge in [0.05, 0.1) is 12.7 Å². The molecule has 0 atom stereocenters. The van der Waals surface area contributed by atoms with E-state index in [1.165, 1.54) is 0 Å². The number of amides is 1. The highest BCUT2D eigenvalue weighted by molar-refractivity contribution is 6.23. The Labute approximate surface area is 143 Å². The van der Waals surface area contributed by atoms with Gasteiger partial charge in [0.25, 0.3) is 5.91 Å². The van der Waals surface area contributed by atoms with Gasteiger partial charge in [0.1, 0.15) is 11.3 Å². The predicted octanol–water partition coefficient (Wildman–Crippen LogP) is 2.75. The van der Waals surface area contributed by atoms with Crippen LogP contribution in [0, 0.1) is 20.8 Å². The van der Waals surface area contributed by atoms with Crippen LogP contribution in [0.5, 0.6) is 0 Å². The first-order chi connectivity index (χ1) is 11.3. The van der Waals surface area contributed by atoms with Crippen molar-refractivity contribution in [3.63, 3.8) is 0 Å². The lowest BCUT2D eigenvalue weighted by molar-refractivity contribution is -0.162. The molecule has 1 aromatic carbocycles. The minimum absolute atomic E-state index is 0.0878. The van der Waals surface area contributed by atoms with Crippen LogP contribution in [0.4, 0.5) is 0 Å². The molecule has 0 bridgehead atoms. The van der Waals surface area contributed by atoms with Crippen molar-refractivity contribution in [3.05, 3.63) is 40.1 Å². The molecule has 1 fully saturated rings. The van der Waals surface area contributed by atoms with Gasteiger partial charge in [0.15, 0.2) is 0 Å². The first kappa shape index (κ1) is 17.0. The van der Waals surface area contributed by atoms with E-state index >= 15 is 0 Å². The molecule has 1 amide bonds. The third-order valence-corrected chi connectivity index (χ3v) is 5.84. The number of benzene rings is 1. The summed E-state index contributed by atoms with van der Waals surface area (Å²) in [5.41, 5.74) is 3.96. The Morgan fingerprint density at radius 3 is 2.29 bits per heavy atom. The van der Waals surface area contributed by atoms with Crippen LogP contribution in [-0.2, 0) is 9.63 Å². The van der Waals surface area contributed by atoms with Crippen LogP contribution in [-0.4, -0.2) is 53.8 Å².